The molecule has 1 saturated heterocycles. The number of halogens is 1. The molecule has 1 aromatic heterocycles. The lowest BCUT2D eigenvalue weighted by Crippen LogP contribution is -2.39. The number of ether oxygens (including phenoxy) is 1. The van der Waals surface area contributed by atoms with Crippen molar-refractivity contribution in [3.63, 3.8) is 0 Å². The van der Waals surface area contributed by atoms with Gasteiger partial charge in [-0.25, -0.2) is 9.37 Å². The highest BCUT2D eigenvalue weighted by Gasteiger charge is 2.18. The van der Waals surface area contributed by atoms with Crippen LogP contribution in [0.2, 0.25) is 0 Å². The zero-order valence-electron chi connectivity index (χ0n) is 11.4. The third-order valence-electron chi connectivity index (χ3n) is 3.49. The number of nitrogens with one attached hydrogen (secondary N) is 1. The number of anilines is 1. The topological polar surface area (TPSA) is 37.4 Å². The molecule has 0 radical (unpaired) electrons. The molecule has 106 valence electrons. The third kappa shape index (κ3) is 4.76. The molecule has 1 aliphatic heterocycles. The molecule has 0 aliphatic carbocycles. The van der Waals surface area contributed by atoms with Crippen LogP contribution >= 0.6 is 0 Å². The van der Waals surface area contributed by atoms with Crippen molar-refractivity contribution in [2.24, 2.45) is 0 Å². The maximum absolute atomic E-state index is 12.8. The van der Waals surface area contributed by atoms with Crippen LogP contribution in [0.5, 0.6) is 0 Å². The van der Waals surface area contributed by atoms with Crippen LogP contribution in [-0.4, -0.2) is 49.3 Å². The van der Waals surface area contributed by atoms with Gasteiger partial charge in [0.25, 0.3) is 0 Å². The molecule has 2 heterocycles. The van der Waals surface area contributed by atoms with Crippen molar-refractivity contribution < 1.29 is 9.13 Å². The quantitative estimate of drug-likeness (QED) is 0.801. The Labute approximate surface area is 114 Å². The molecule has 0 bridgehead atoms. The van der Waals surface area contributed by atoms with E-state index in [1.807, 2.05) is 0 Å². The number of methoxy groups -OCH3 is 1. The van der Waals surface area contributed by atoms with Gasteiger partial charge in [-0.3, -0.25) is 0 Å². The Morgan fingerprint density at radius 1 is 1.42 bits per heavy atom. The predicted molar refractivity (Wildman–Crippen MR) is 73.8 cm³/mol. The first-order valence-electron chi connectivity index (χ1n) is 6.87. The lowest BCUT2D eigenvalue weighted by molar-refractivity contribution is 0.159. The van der Waals surface area contributed by atoms with Crippen molar-refractivity contribution in [2.45, 2.75) is 25.3 Å². The van der Waals surface area contributed by atoms with Crippen molar-refractivity contribution in [1.29, 1.82) is 0 Å². The Bertz CT molecular complexity index is 363. The summed E-state index contributed by atoms with van der Waals surface area (Å²) in [5.41, 5.74) is 0. The summed E-state index contributed by atoms with van der Waals surface area (Å²) < 4.78 is 17.8. The molecule has 0 spiro atoms. The molecule has 1 aliphatic rings. The van der Waals surface area contributed by atoms with Gasteiger partial charge in [0.15, 0.2) is 0 Å². The standard InChI is InChI=1S/C14H22FN3O/c1-19-10-2-7-18-8-5-13(6-9-18)17-14-4-3-12(15)11-16-14/h3-4,11,13H,2,5-10H2,1H3,(H,16,17). The maximum atomic E-state index is 12.8. The van der Waals surface area contributed by atoms with E-state index in [9.17, 15) is 4.39 Å². The van der Waals surface area contributed by atoms with Crippen LogP contribution in [0.25, 0.3) is 0 Å². The van der Waals surface area contributed by atoms with Gasteiger partial charge >= 0.3 is 0 Å². The molecule has 4 nitrogen and oxygen atoms in total. The number of likely N-dealkylation sites (tertiary alicyclic amines) is 1. The van der Waals surface area contributed by atoms with Gasteiger partial charge in [-0.15, -0.1) is 0 Å². The fourth-order valence-electron chi connectivity index (χ4n) is 2.40. The van der Waals surface area contributed by atoms with Gasteiger partial charge in [0.1, 0.15) is 11.6 Å². The van der Waals surface area contributed by atoms with Crippen molar-refractivity contribution in [3.8, 4) is 0 Å². The molecule has 1 fully saturated rings. The van der Waals surface area contributed by atoms with Crippen molar-refractivity contribution in [2.75, 3.05) is 38.7 Å². The summed E-state index contributed by atoms with van der Waals surface area (Å²) in [6.45, 7) is 4.14. The summed E-state index contributed by atoms with van der Waals surface area (Å²) in [6.07, 6.45) is 4.55. The molecule has 0 amide bonds. The average Bonchev–Trinajstić information content (AvgIpc) is 2.44. The fourth-order valence-corrected chi connectivity index (χ4v) is 2.40. The van der Waals surface area contributed by atoms with Gasteiger partial charge in [-0.2, -0.15) is 0 Å². The number of rotatable bonds is 6. The summed E-state index contributed by atoms with van der Waals surface area (Å²) >= 11 is 0. The minimum Gasteiger partial charge on any atom is -0.385 e. The smallest absolute Gasteiger partial charge is 0.141 e. The zero-order chi connectivity index (χ0) is 13.5. The molecule has 0 atom stereocenters. The summed E-state index contributed by atoms with van der Waals surface area (Å²) in [4.78, 5) is 6.50. The van der Waals surface area contributed by atoms with E-state index >= 15 is 0 Å². The highest BCUT2D eigenvalue weighted by Crippen LogP contribution is 2.15. The minimum atomic E-state index is -0.293. The number of aromatic nitrogens is 1. The second-order valence-corrected chi connectivity index (χ2v) is 4.97. The molecule has 0 unspecified atom stereocenters. The first-order chi connectivity index (χ1) is 9.28. The van der Waals surface area contributed by atoms with Gasteiger partial charge < -0.3 is 15.0 Å². The molecule has 2 rings (SSSR count). The first-order valence-corrected chi connectivity index (χ1v) is 6.87. The van der Waals surface area contributed by atoms with Gasteiger partial charge in [0.2, 0.25) is 0 Å². The second kappa shape index (κ2) is 7.40. The summed E-state index contributed by atoms with van der Waals surface area (Å²) in [5.74, 6) is 0.470. The fraction of sp³-hybridized carbons (Fsp3) is 0.643. The largest absolute Gasteiger partial charge is 0.385 e. The van der Waals surface area contributed by atoms with Crippen LogP contribution in [0.4, 0.5) is 10.2 Å². The lowest BCUT2D eigenvalue weighted by atomic mass is 10.0. The van der Waals surface area contributed by atoms with Crippen LogP contribution in [0.1, 0.15) is 19.3 Å². The van der Waals surface area contributed by atoms with E-state index in [0.717, 1.165) is 51.3 Å². The molecule has 1 aromatic rings. The number of hydrogen-bond donors (Lipinski definition) is 1. The van der Waals surface area contributed by atoms with E-state index in [2.05, 4.69) is 15.2 Å². The van der Waals surface area contributed by atoms with E-state index in [0.29, 0.717) is 6.04 Å². The number of hydrogen-bond acceptors (Lipinski definition) is 4. The van der Waals surface area contributed by atoms with E-state index in [4.69, 9.17) is 4.74 Å². The highest BCUT2D eigenvalue weighted by atomic mass is 19.1. The Balaban J connectivity index is 1.69. The van der Waals surface area contributed by atoms with Crippen LogP contribution in [0, 0.1) is 5.82 Å². The summed E-state index contributed by atoms with van der Waals surface area (Å²) in [6, 6.07) is 3.58. The van der Waals surface area contributed by atoms with Crippen molar-refractivity contribution in [1.82, 2.24) is 9.88 Å². The monoisotopic (exact) mass is 267 g/mol. The molecular weight excluding hydrogens is 245 g/mol. The number of piperidine rings is 1. The van der Waals surface area contributed by atoms with Gasteiger partial charge in [0.05, 0.1) is 6.20 Å². The third-order valence-corrected chi connectivity index (χ3v) is 3.49. The van der Waals surface area contributed by atoms with E-state index in [-0.39, 0.29) is 5.82 Å². The number of pyridine rings is 1. The van der Waals surface area contributed by atoms with Gasteiger partial charge in [-0.05, 0) is 31.4 Å². The van der Waals surface area contributed by atoms with E-state index in [1.54, 1.807) is 13.2 Å². The second-order valence-electron chi connectivity index (χ2n) is 4.97. The summed E-state index contributed by atoms with van der Waals surface area (Å²) in [5, 5.41) is 3.37. The Hall–Kier alpha value is -1.20. The van der Waals surface area contributed by atoms with Crippen LogP contribution in [0.3, 0.4) is 0 Å². The molecule has 0 aromatic carbocycles. The van der Waals surface area contributed by atoms with E-state index < -0.39 is 0 Å². The highest BCUT2D eigenvalue weighted by molar-refractivity contribution is 5.34. The lowest BCUT2D eigenvalue weighted by Gasteiger charge is -2.32. The summed E-state index contributed by atoms with van der Waals surface area (Å²) in [7, 11) is 1.74. The van der Waals surface area contributed by atoms with Crippen molar-refractivity contribution >= 4 is 5.82 Å². The van der Waals surface area contributed by atoms with Gasteiger partial charge in [0, 0.05) is 39.4 Å². The van der Waals surface area contributed by atoms with Crippen LogP contribution in [0.15, 0.2) is 18.3 Å². The van der Waals surface area contributed by atoms with Gasteiger partial charge in [-0.1, -0.05) is 0 Å². The molecule has 5 heteroatoms. The molecular formula is C14H22FN3O. The number of nitrogens with zero attached hydrogens (tertiary/aromatic N) is 2. The molecule has 1 N–H and O–H groups in total. The molecule has 0 saturated carbocycles. The first kappa shape index (κ1) is 14.2. The minimum absolute atomic E-state index is 0.293. The van der Waals surface area contributed by atoms with Crippen molar-refractivity contribution in [3.05, 3.63) is 24.1 Å². The Morgan fingerprint density at radius 2 is 2.21 bits per heavy atom. The SMILES string of the molecule is COCCCN1CCC(Nc2ccc(F)cn2)CC1. The maximum Gasteiger partial charge on any atom is 0.141 e. The normalized spacial score (nSPS) is 17.6. The van der Waals surface area contributed by atoms with Crippen LogP contribution < -0.4 is 5.32 Å². The zero-order valence-corrected chi connectivity index (χ0v) is 11.4. The predicted octanol–water partition coefficient (Wildman–Crippen LogP) is 2.13. The Morgan fingerprint density at radius 3 is 2.84 bits per heavy atom. The Kier molecular flexibility index (Phi) is 5.54. The average molecular weight is 267 g/mol. The van der Waals surface area contributed by atoms with E-state index in [1.165, 1.54) is 12.3 Å². The molecule has 19 heavy (non-hydrogen) atoms. The van der Waals surface area contributed by atoms with Crippen LogP contribution in [-0.2, 0) is 4.74 Å².